The minimum absolute atomic E-state index is 0.0468. The van der Waals surface area contributed by atoms with Crippen LogP contribution in [0, 0.1) is 12.8 Å². The van der Waals surface area contributed by atoms with Gasteiger partial charge in [0.1, 0.15) is 5.69 Å². The Morgan fingerprint density at radius 2 is 2.19 bits per heavy atom. The predicted molar refractivity (Wildman–Crippen MR) is 102 cm³/mol. The Hall–Kier alpha value is -2.32. The van der Waals surface area contributed by atoms with Crippen molar-refractivity contribution in [1.82, 2.24) is 20.6 Å². The molecule has 0 radical (unpaired) electrons. The molecule has 0 saturated heterocycles. The molecule has 3 rings (SSSR count). The molecule has 2 amide bonds. The topological polar surface area (TPSA) is 104 Å². The molecule has 2 aromatic rings. The van der Waals surface area contributed by atoms with E-state index in [0.29, 0.717) is 37.9 Å². The molecule has 0 spiro atoms. The predicted octanol–water partition coefficient (Wildman–Crippen LogP) is 1.46. The zero-order valence-electron chi connectivity index (χ0n) is 15.2. The number of hydrogen-bond acceptors (Lipinski definition) is 6. The van der Waals surface area contributed by atoms with Crippen LogP contribution >= 0.6 is 11.3 Å². The number of thiazole rings is 1. The molecule has 3 atom stereocenters. The summed E-state index contributed by atoms with van der Waals surface area (Å²) in [7, 11) is 0. The van der Waals surface area contributed by atoms with E-state index in [1.807, 2.05) is 18.4 Å². The van der Waals surface area contributed by atoms with Gasteiger partial charge in [0, 0.05) is 30.0 Å². The van der Waals surface area contributed by atoms with E-state index in [4.69, 9.17) is 0 Å². The van der Waals surface area contributed by atoms with Gasteiger partial charge in [-0.1, -0.05) is 6.07 Å². The summed E-state index contributed by atoms with van der Waals surface area (Å²) in [6, 6.07) is 4.89. The van der Waals surface area contributed by atoms with Gasteiger partial charge in [0.05, 0.1) is 23.4 Å². The van der Waals surface area contributed by atoms with Crippen LogP contribution in [0.25, 0.3) is 0 Å². The third-order valence-corrected chi connectivity index (χ3v) is 5.42. The fraction of sp³-hybridized carbons (Fsp3) is 0.474. The van der Waals surface area contributed by atoms with Gasteiger partial charge >= 0.3 is 0 Å². The van der Waals surface area contributed by atoms with E-state index in [0.717, 1.165) is 11.4 Å². The summed E-state index contributed by atoms with van der Waals surface area (Å²) in [5.74, 6) is -0.580. The van der Waals surface area contributed by atoms with Crippen LogP contribution in [0.15, 0.2) is 29.1 Å². The third-order valence-electron chi connectivity index (χ3n) is 4.79. The van der Waals surface area contributed by atoms with Gasteiger partial charge in [0.15, 0.2) is 0 Å². The third kappa shape index (κ3) is 5.33. The van der Waals surface area contributed by atoms with Crippen LogP contribution in [0.3, 0.4) is 0 Å². The Morgan fingerprint density at radius 3 is 2.89 bits per heavy atom. The van der Waals surface area contributed by atoms with E-state index in [2.05, 4.69) is 20.6 Å². The van der Waals surface area contributed by atoms with Crippen LogP contribution in [0.1, 0.15) is 41.1 Å². The Kier molecular flexibility index (Phi) is 6.52. The molecule has 1 fully saturated rings. The van der Waals surface area contributed by atoms with Crippen LogP contribution < -0.4 is 10.6 Å². The standard InChI is InChI=1S/C19H24N4O3S/c1-12-3-2-4-16(22-12)19(26)23-15-6-5-13(9-17(15)24)18(25)20-8-7-14-10-27-11-21-14/h2-4,10-11,13,15,17,24H,5-9H2,1H3,(H,20,25)(H,23,26)/t13-,15+,17+/m0/s1. The van der Waals surface area contributed by atoms with Crippen molar-refractivity contribution in [2.75, 3.05) is 6.54 Å². The van der Waals surface area contributed by atoms with Gasteiger partial charge < -0.3 is 15.7 Å². The smallest absolute Gasteiger partial charge is 0.270 e. The highest BCUT2D eigenvalue weighted by molar-refractivity contribution is 7.07. The monoisotopic (exact) mass is 388 g/mol. The number of aromatic nitrogens is 2. The molecule has 144 valence electrons. The van der Waals surface area contributed by atoms with Crippen molar-refractivity contribution in [1.29, 1.82) is 0 Å². The molecule has 27 heavy (non-hydrogen) atoms. The second-order valence-electron chi connectivity index (χ2n) is 6.84. The molecule has 7 nitrogen and oxygen atoms in total. The molecule has 0 unspecified atom stereocenters. The molecular weight excluding hydrogens is 364 g/mol. The van der Waals surface area contributed by atoms with Gasteiger partial charge in [-0.3, -0.25) is 9.59 Å². The molecule has 8 heteroatoms. The minimum Gasteiger partial charge on any atom is -0.391 e. The lowest BCUT2D eigenvalue weighted by Gasteiger charge is -2.32. The Labute approximate surface area is 162 Å². The number of pyridine rings is 1. The number of aliphatic hydroxyl groups is 1. The van der Waals surface area contributed by atoms with Crippen molar-refractivity contribution in [2.45, 2.75) is 44.8 Å². The van der Waals surface area contributed by atoms with E-state index in [9.17, 15) is 14.7 Å². The number of aliphatic hydroxyl groups excluding tert-OH is 1. The summed E-state index contributed by atoms with van der Waals surface area (Å²) >= 11 is 1.54. The van der Waals surface area contributed by atoms with E-state index < -0.39 is 6.10 Å². The molecule has 2 heterocycles. The molecule has 1 saturated carbocycles. The van der Waals surface area contributed by atoms with E-state index >= 15 is 0 Å². The number of amides is 2. The fourth-order valence-electron chi connectivity index (χ4n) is 3.28. The highest BCUT2D eigenvalue weighted by atomic mass is 32.1. The van der Waals surface area contributed by atoms with Gasteiger partial charge in [-0.25, -0.2) is 9.97 Å². The van der Waals surface area contributed by atoms with Crippen LogP contribution in [-0.4, -0.2) is 45.6 Å². The quantitative estimate of drug-likeness (QED) is 0.695. The maximum absolute atomic E-state index is 12.3. The van der Waals surface area contributed by atoms with Gasteiger partial charge in [0.25, 0.3) is 5.91 Å². The number of carbonyl (C=O) groups is 2. The fourth-order valence-corrected chi connectivity index (χ4v) is 3.88. The first kappa shape index (κ1) is 19.4. The second-order valence-corrected chi connectivity index (χ2v) is 7.56. The van der Waals surface area contributed by atoms with Crippen LogP contribution in [-0.2, 0) is 11.2 Å². The van der Waals surface area contributed by atoms with Crippen molar-refractivity contribution < 1.29 is 14.7 Å². The summed E-state index contributed by atoms with van der Waals surface area (Å²) in [6.45, 7) is 2.36. The van der Waals surface area contributed by atoms with Gasteiger partial charge in [-0.15, -0.1) is 11.3 Å². The van der Waals surface area contributed by atoms with Gasteiger partial charge in [-0.2, -0.15) is 0 Å². The van der Waals surface area contributed by atoms with Gasteiger partial charge in [-0.05, 0) is 38.3 Å². The summed E-state index contributed by atoms with van der Waals surface area (Å²) in [4.78, 5) is 33.0. The molecule has 0 bridgehead atoms. The highest BCUT2D eigenvalue weighted by Gasteiger charge is 2.33. The number of hydrogen-bond donors (Lipinski definition) is 3. The largest absolute Gasteiger partial charge is 0.391 e. The Balaban J connectivity index is 1.45. The summed E-state index contributed by atoms with van der Waals surface area (Å²) in [5, 5.41) is 18.1. The van der Waals surface area contributed by atoms with Crippen molar-refractivity contribution >= 4 is 23.2 Å². The minimum atomic E-state index is -0.748. The first-order chi connectivity index (χ1) is 13.0. The average molecular weight is 388 g/mol. The Morgan fingerprint density at radius 1 is 1.33 bits per heavy atom. The second kappa shape index (κ2) is 9.05. The number of aryl methyl sites for hydroxylation is 1. The highest BCUT2D eigenvalue weighted by Crippen LogP contribution is 2.25. The first-order valence-corrected chi connectivity index (χ1v) is 10.0. The van der Waals surface area contributed by atoms with Crippen LogP contribution in [0.4, 0.5) is 0 Å². The average Bonchev–Trinajstić information content (AvgIpc) is 3.16. The summed E-state index contributed by atoms with van der Waals surface area (Å²) in [5.41, 5.74) is 3.84. The van der Waals surface area contributed by atoms with Gasteiger partial charge in [0.2, 0.25) is 5.91 Å². The number of nitrogens with one attached hydrogen (secondary N) is 2. The first-order valence-electron chi connectivity index (χ1n) is 9.10. The number of carbonyl (C=O) groups excluding carboxylic acids is 2. The zero-order chi connectivity index (χ0) is 19.2. The van der Waals surface area contributed by atoms with E-state index in [-0.39, 0.29) is 23.8 Å². The Bertz CT molecular complexity index is 781. The van der Waals surface area contributed by atoms with E-state index in [1.165, 1.54) is 11.3 Å². The molecule has 1 aliphatic carbocycles. The van der Waals surface area contributed by atoms with Crippen molar-refractivity contribution in [3.63, 3.8) is 0 Å². The number of rotatable bonds is 6. The van der Waals surface area contributed by atoms with Crippen LogP contribution in [0.2, 0.25) is 0 Å². The molecule has 1 aliphatic rings. The van der Waals surface area contributed by atoms with Crippen molar-refractivity contribution in [2.24, 2.45) is 5.92 Å². The van der Waals surface area contributed by atoms with Crippen LogP contribution in [0.5, 0.6) is 0 Å². The molecule has 2 aromatic heterocycles. The summed E-state index contributed by atoms with van der Waals surface area (Å²) < 4.78 is 0. The van der Waals surface area contributed by atoms with Crippen molar-refractivity contribution in [3.05, 3.63) is 46.2 Å². The van der Waals surface area contributed by atoms with E-state index in [1.54, 1.807) is 17.6 Å². The maximum Gasteiger partial charge on any atom is 0.270 e. The summed E-state index contributed by atoms with van der Waals surface area (Å²) in [6.07, 6.45) is 1.48. The molecular formula is C19H24N4O3S. The lowest BCUT2D eigenvalue weighted by molar-refractivity contribution is -0.127. The molecule has 3 N–H and O–H groups in total. The lowest BCUT2D eigenvalue weighted by Crippen LogP contribution is -2.49. The SMILES string of the molecule is Cc1cccc(C(=O)N[C@@H]2CC[C@H](C(=O)NCCc3cscn3)C[C@H]2O)n1. The van der Waals surface area contributed by atoms with Crippen molar-refractivity contribution in [3.8, 4) is 0 Å². The zero-order valence-corrected chi connectivity index (χ0v) is 16.0. The normalized spacial score (nSPS) is 22.2. The molecule has 0 aliphatic heterocycles. The molecule has 0 aromatic carbocycles. The number of nitrogens with zero attached hydrogens (tertiary/aromatic N) is 2. The lowest BCUT2D eigenvalue weighted by atomic mass is 9.83. The maximum atomic E-state index is 12.3.